The first-order chi connectivity index (χ1) is 9.72. The quantitative estimate of drug-likeness (QED) is 0.620. The minimum absolute atomic E-state index is 0.117. The monoisotopic (exact) mass is 276 g/mol. The van der Waals surface area contributed by atoms with Gasteiger partial charge < -0.3 is 14.7 Å². The summed E-state index contributed by atoms with van der Waals surface area (Å²) in [7, 11) is 0. The van der Waals surface area contributed by atoms with Gasteiger partial charge in [0.1, 0.15) is 12.3 Å². The minimum atomic E-state index is -0.193. The Morgan fingerprint density at radius 3 is 2.80 bits per heavy atom. The molecular formula is C15H20N2O3. The van der Waals surface area contributed by atoms with E-state index in [2.05, 4.69) is 16.8 Å². The van der Waals surface area contributed by atoms with Gasteiger partial charge >= 0.3 is 0 Å². The molecule has 0 aliphatic rings. The van der Waals surface area contributed by atoms with E-state index in [0.717, 1.165) is 0 Å². The van der Waals surface area contributed by atoms with Crippen molar-refractivity contribution in [2.75, 3.05) is 32.9 Å². The zero-order valence-corrected chi connectivity index (χ0v) is 11.9. The van der Waals surface area contributed by atoms with Crippen molar-refractivity contribution >= 4 is 5.91 Å². The van der Waals surface area contributed by atoms with Crippen molar-refractivity contribution in [2.24, 2.45) is 0 Å². The van der Waals surface area contributed by atoms with E-state index in [0.29, 0.717) is 37.6 Å². The van der Waals surface area contributed by atoms with E-state index in [4.69, 9.17) is 9.84 Å². The van der Waals surface area contributed by atoms with Gasteiger partial charge in [-0.25, -0.2) is 4.98 Å². The van der Waals surface area contributed by atoms with Crippen LogP contribution in [0, 0.1) is 11.8 Å². The second-order valence-corrected chi connectivity index (χ2v) is 3.97. The first-order valence-electron chi connectivity index (χ1n) is 6.65. The molecule has 5 heteroatoms. The molecule has 0 unspecified atom stereocenters. The third kappa shape index (κ3) is 5.00. The van der Waals surface area contributed by atoms with Crippen LogP contribution in [0.2, 0.25) is 0 Å². The van der Waals surface area contributed by atoms with Gasteiger partial charge in [-0.3, -0.25) is 4.79 Å². The maximum Gasteiger partial charge on any atom is 0.272 e. The lowest BCUT2D eigenvalue weighted by molar-refractivity contribution is 0.0664. The summed E-state index contributed by atoms with van der Waals surface area (Å²) in [6.07, 6.45) is 1.53. The first kappa shape index (κ1) is 16.2. The van der Waals surface area contributed by atoms with Crippen molar-refractivity contribution in [3.63, 3.8) is 0 Å². The Bertz CT molecular complexity index is 474. The van der Waals surface area contributed by atoms with Crippen LogP contribution in [0.5, 0.6) is 0 Å². The predicted octanol–water partition coefficient (Wildman–Crippen LogP) is 0.924. The maximum atomic E-state index is 12.2. The second kappa shape index (κ2) is 9.08. The fourth-order valence-corrected chi connectivity index (χ4v) is 1.62. The van der Waals surface area contributed by atoms with Crippen LogP contribution in [-0.4, -0.2) is 53.8 Å². The first-order valence-corrected chi connectivity index (χ1v) is 6.65. The smallest absolute Gasteiger partial charge is 0.272 e. The average Bonchev–Trinajstić information content (AvgIpc) is 2.49. The molecule has 0 fully saturated rings. The molecule has 1 amide bonds. The van der Waals surface area contributed by atoms with Crippen molar-refractivity contribution in [3.05, 3.63) is 29.6 Å². The van der Waals surface area contributed by atoms with Crippen molar-refractivity contribution in [3.8, 4) is 11.8 Å². The molecule has 0 saturated heterocycles. The van der Waals surface area contributed by atoms with Crippen molar-refractivity contribution in [1.82, 2.24) is 9.88 Å². The normalized spacial score (nSPS) is 9.75. The van der Waals surface area contributed by atoms with Crippen LogP contribution in [0.1, 0.15) is 29.9 Å². The van der Waals surface area contributed by atoms with Gasteiger partial charge in [-0.1, -0.05) is 11.8 Å². The summed E-state index contributed by atoms with van der Waals surface area (Å²) >= 11 is 0. The highest BCUT2D eigenvalue weighted by Gasteiger charge is 2.14. The van der Waals surface area contributed by atoms with Gasteiger partial charge in [-0.15, -0.1) is 0 Å². The molecule has 0 atom stereocenters. The van der Waals surface area contributed by atoms with E-state index < -0.39 is 0 Å². The SMILES string of the molecule is CCOCCN(CC)C(=O)c1ccc(C#CCO)cn1. The number of aliphatic hydroxyl groups excluding tert-OH is 1. The summed E-state index contributed by atoms with van der Waals surface area (Å²) in [6.45, 7) is 5.98. The van der Waals surface area contributed by atoms with Crippen LogP contribution in [0.4, 0.5) is 0 Å². The number of amides is 1. The predicted molar refractivity (Wildman–Crippen MR) is 76.3 cm³/mol. The number of hydrogen-bond acceptors (Lipinski definition) is 4. The lowest BCUT2D eigenvalue weighted by Gasteiger charge is -2.20. The standard InChI is InChI=1S/C15H20N2O3/c1-3-17(9-11-20-4-2)15(19)14-8-7-13(12-16-14)6-5-10-18/h7-8,12,18H,3-4,9-11H2,1-2H3. The van der Waals surface area contributed by atoms with Gasteiger partial charge in [0.05, 0.1) is 6.61 Å². The van der Waals surface area contributed by atoms with Gasteiger partial charge in [0, 0.05) is 31.5 Å². The number of pyridine rings is 1. The zero-order chi connectivity index (χ0) is 14.8. The lowest BCUT2D eigenvalue weighted by atomic mass is 10.2. The van der Waals surface area contributed by atoms with E-state index in [1.54, 1.807) is 17.0 Å². The number of hydrogen-bond donors (Lipinski definition) is 1. The van der Waals surface area contributed by atoms with Crippen LogP contribution in [0.3, 0.4) is 0 Å². The van der Waals surface area contributed by atoms with Crippen LogP contribution >= 0.6 is 0 Å². The molecule has 1 N–H and O–H groups in total. The van der Waals surface area contributed by atoms with Crippen LogP contribution in [0.15, 0.2) is 18.3 Å². The van der Waals surface area contributed by atoms with Crippen molar-refractivity contribution in [2.45, 2.75) is 13.8 Å². The molecule has 0 aromatic carbocycles. The molecule has 0 aliphatic carbocycles. The third-order valence-electron chi connectivity index (χ3n) is 2.67. The molecule has 108 valence electrons. The van der Waals surface area contributed by atoms with Gasteiger partial charge in [0.15, 0.2) is 0 Å². The molecule has 20 heavy (non-hydrogen) atoms. The molecular weight excluding hydrogens is 256 g/mol. The number of ether oxygens (including phenoxy) is 1. The highest BCUT2D eigenvalue weighted by molar-refractivity contribution is 5.92. The molecule has 1 heterocycles. The molecule has 0 aliphatic heterocycles. The molecule has 0 spiro atoms. The van der Waals surface area contributed by atoms with E-state index in [1.165, 1.54) is 6.20 Å². The van der Waals surface area contributed by atoms with E-state index in [9.17, 15) is 4.79 Å². The molecule has 1 aromatic rings. The molecule has 0 saturated carbocycles. The highest BCUT2D eigenvalue weighted by Crippen LogP contribution is 2.04. The summed E-state index contributed by atoms with van der Waals surface area (Å²) in [5.41, 5.74) is 1.06. The lowest BCUT2D eigenvalue weighted by Crippen LogP contribution is -2.34. The van der Waals surface area contributed by atoms with Gasteiger partial charge in [0.2, 0.25) is 0 Å². The second-order valence-electron chi connectivity index (χ2n) is 3.97. The Hall–Kier alpha value is -1.90. The van der Waals surface area contributed by atoms with Gasteiger partial charge in [0.25, 0.3) is 5.91 Å². The number of rotatable bonds is 6. The minimum Gasteiger partial charge on any atom is -0.384 e. The number of carbonyl (C=O) groups is 1. The molecule has 0 bridgehead atoms. The number of aromatic nitrogens is 1. The Balaban J connectivity index is 2.69. The summed E-state index contributed by atoms with van der Waals surface area (Å²) < 4.78 is 5.26. The Labute approximate surface area is 119 Å². The fraction of sp³-hybridized carbons (Fsp3) is 0.467. The fourth-order valence-electron chi connectivity index (χ4n) is 1.62. The zero-order valence-electron chi connectivity index (χ0n) is 11.9. The molecule has 1 rings (SSSR count). The highest BCUT2D eigenvalue weighted by atomic mass is 16.5. The number of aliphatic hydroxyl groups is 1. The summed E-state index contributed by atoms with van der Waals surface area (Å²) in [6, 6.07) is 3.37. The number of nitrogens with zero attached hydrogens (tertiary/aromatic N) is 2. The maximum absolute atomic E-state index is 12.2. The van der Waals surface area contributed by atoms with E-state index in [-0.39, 0.29) is 12.5 Å². The summed E-state index contributed by atoms with van der Waals surface area (Å²) in [5.74, 6) is 5.16. The summed E-state index contributed by atoms with van der Waals surface area (Å²) in [4.78, 5) is 18.0. The van der Waals surface area contributed by atoms with E-state index in [1.807, 2.05) is 13.8 Å². The molecule has 5 nitrogen and oxygen atoms in total. The van der Waals surface area contributed by atoms with Gasteiger partial charge in [-0.2, -0.15) is 0 Å². The number of carbonyl (C=O) groups excluding carboxylic acids is 1. The van der Waals surface area contributed by atoms with Crippen LogP contribution in [0.25, 0.3) is 0 Å². The topological polar surface area (TPSA) is 62.7 Å². The number of likely N-dealkylation sites (N-methyl/N-ethyl adjacent to an activating group) is 1. The largest absolute Gasteiger partial charge is 0.384 e. The van der Waals surface area contributed by atoms with E-state index >= 15 is 0 Å². The molecule has 1 aromatic heterocycles. The summed E-state index contributed by atoms with van der Waals surface area (Å²) in [5, 5.41) is 8.61. The van der Waals surface area contributed by atoms with Crippen molar-refractivity contribution in [1.29, 1.82) is 0 Å². The Morgan fingerprint density at radius 2 is 2.25 bits per heavy atom. The third-order valence-corrected chi connectivity index (χ3v) is 2.67. The Kier molecular flexibility index (Phi) is 7.33. The Morgan fingerprint density at radius 1 is 1.45 bits per heavy atom. The average molecular weight is 276 g/mol. The van der Waals surface area contributed by atoms with Gasteiger partial charge in [-0.05, 0) is 26.0 Å². The van der Waals surface area contributed by atoms with Crippen LogP contribution < -0.4 is 0 Å². The van der Waals surface area contributed by atoms with Crippen molar-refractivity contribution < 1.29 is 14.6 Å². The molecule has 0 radical (unpaired) electrons. The van der Waals surface area contributed by atoms with Crippen LogP contribution in [-0.2, 0) is 4.74 Å².